The first kappa shape index (κ1) is 13.9. The van der Waals surface area contributed by atoms with E-state index in [9.17, 15) is 13.6 Å². The number of tetrazole rings is 1. The summed E-state index contributed by atoms with van der Waals surface area (Å²) in [4.78, 5) is 11.8. The normalized spacial score (nSPS) is 14.2. The van der Waals surface area contributed by atoms with Crippen LogP contribution in [0.2, 0.25) is 0 Å². The molecule has 1 saturated carbocycles. The van der Waals surface area contributed by atoms with Crippen molar-refractivity contribution in [3.05, 3.63) is 29.8 Å². The summed E-state index contributed by atoms with van der Waals surface area (Å²) in [6, 6.07) is 3.30. The van der Waals surface area contributed by atoms with Gasteiger partial charge in [-0.15, -0.1) is 5.10 Å². The van der Waals surface area contributed by atoms with Crippen LogP contribution in [0.25, 0.3) is 0 Å². The van der Waals surface area contributed by atoms with Crippen molar-refractivity contribution < 1.29 is 13.6 Å². The van der Waals surface area contributed by atoms with Gasteiger partial charge in [-0.25, -0.2) is 13.5 Å². The summed E-state index contributed by atoms with van der Waals surface area (Å²) in [6.45, 7) is 0. The molecule has 1 aliphatic rings. The first-order chi connectivity index (χ1) is 10.1. The Morgan fingerprint density at radius 2 is 2.24 bits per heavy atom. The molecule has 9 heteroatoms. The van der Waals surface area contributed by atoms with Crippen LogP contribution in [0.1, 0.15) is 18.9 Å². The van der Waals surface area contributed by atoms with E-state index in [1.54, 1.807) is 4.68 Å². The summed E-state index contributed by atoms with van der Waals surface area (Å²) < 4.78 is 27.9. The van der Waals surface area contributed by atoms with E-state index < -0.39 is 17.5 Å². The van der Waals surface area contributed by atoms with Gasteiger partial charge >= 0.3 is 0 Å². The molecule has 0 unspecified atom stereocenters. The Hall–Kier alpha value is -2.03. The summed E-state index contributed by atoms with van der Waals surface area (Å²) in [5, 5.41) is 14.2. The van der Waals surface area contributed by atoms with Crippen molar-refractivity contribution in [1.29, 1.82) is 0 Å². The van der Waals surface area contributed by atoms with Crippen LogP contribution in [0.3, 0.4) is 0 Å². The minimum absolute atomic E-state index is 0.0455. The molecule has 3 rings (SSSR count). The second-order valence-electron chi connectivity index (χ2n) is 4.60. The molecule has 1 aromatic heterocycles. The quantitative estimate of drug-likeness (QED) is 0.855. The molecule has 1 aromatic carbocycles. The van der Waals surface area contributed by atoms with Crippen LogP contribution in [0.5, 0.6) is 0 Å². The number of amides is 1. The van der Waals surface area contributed by atoms with Crippen molar-refractivity contribution >= 4 is 23.4 Å². The highest BCUT2D eigenvalue weighted by atomic mass is 32.2. The van der Waals surface area contributed by atoms with Gasteiger partial charge in [0.2, 0.25) is 11.1 Å². The summed E-state index contributed by atoms with van der Waals surface area (Å²) in [6.07, 6.45) is 2.07. The van der Waals surface area contributed by atoms with E-state index in [0.29, 0.717) is 11.2 Å². The second-order valence-corrected chi connectivity index (χ2v) is 5.54. The van der Waals surface area contributed by atoms with Gasteiger partial charge in [0.1, 0.15) is 11.6 Å². The molecule has 1 amide bonds. The van der Waals surface area contributed by atoms with Gasteiger partial charge in [0.05, 0.1) is 17.5 Å². The van der Waals surface area contributed by atoms with Gasteiger partial charge in [0.25, 0.3) is 0 Å². The zero-order chi connectivity index (χ0) is 14.8. The lowest BCUT2D eigenvalue weighted by Gasteiger charge is -2.06. The number of carbonyl (C=O) groups excluding carboxylic acids is 1. The summed E-state index contributed by atoms with van der Waals surface area (Å²) in [7, 11) is 0. The van der Waals surface area contributed by atoms with E-state index in [2.05, 4.69) is 20.8 Å². The Bertz CT molecular complexity index is 673. The fourth-order valence-electron chi connectivity index (χ4n) is 1.74. The van der Waals surface area contributed by atoms with Gasteiger partial charge in [-0.3, -0.25) is 4.79 Å². The van der Waals surface area contributed by atoms with Gasteiger partial charge in [-0.05, 0) is 35.4 Å². The van der Waals surface area contributed by atoms with E-state index in [1.165, 1.54) is 17.8 Å². The number of benzene rings is 1. The topological polar surface area (TPSA) is 72.7 Å². The third kappa shape index (κ3) is 3.35. The number of halogens is 2. The monoisotopic (exact) mass is 311 g/mol. The number of anilines is 1. The van der Waals surface area contributed by atoms with E-state index >= 15 is 0 Å². The van der Waals surface area contributed by atoms with Crippen LogP contribution in [0.4, 0.5) is 14.5 Å². The number of nitrogens with one attached hydrogen (secondary N) is 1. The fraction of sp³-hybridized carbons (Fsp3) is 0.333. The average molecular weight is 311 g/mol. The van der Waals surface area contributed by atoms with Crippen molar-refractivity contribution in [2.24, 2.45) is 0 Å². The molecule has 110 valence electrons. The number of carbonyl (C=O) groups is 1. The molecule has 0 bridgehead atoms. The van der Waals surface area contributed by atoms with Crippen molar-refractivity contribution in [1.82, 2.24) is 20.2 Å². The van der Waals surface area contributed by atoms with Gasteiger partial charge in [-0.1, -0.05) is 11.8 Å². The van der Waals surface area contributed by atoms with Crippen molar-refractivity contribution in [3.63, 3.8) is 0 Å². The zero-order valence-electron chi connectivity index (χ0n) is 10.8. The molecular formula is C12H11F2N5OS. The minimum atomic E-state index is -0.809. The lowest BCUT2D eigenvalue weighted by Crippen LogP contribution is -2.15. The highest BCUT2D eigenvalue weighted by Crippen LogP contribution is 2.36. The number of aromatic nitrogens is 4. The van der Waals surface area contributed by atoms with Crippen molar-refractivity contribution in [2.45, 2.75) is 24.0 Å². The average Bonchev–Trinajstić information content (AvgIpc) is 3.18. The maximum atomic E-state index is 13.4. The smallest absolute Gasteiger partial charge is 0.234 e. The minimum Gasteiger partial charge on any atom is -0.323 e. The molecule has 0 aliphatic heterocycles. The zero-order valence-corrected chi connectivity index (χ0v) is 11.6. The number of rotatable bonds is 5. The van der Waals surface area contributed by atoms with Crippen LogP contribution >= 0.6 is 11.8 Å². The molecule has 2 aromatic rings. The summed E-state index contributed by atoms with van der Waals surface area (Å²) in [5.41, 5.74) is -0.0521. The molecule has 1 fully saturated rings. The third-order valence-electron chi connectivity index (χ3n) is 2.89. The number of hydrogen-bond donors (Lipinski definition) is 1. The largest absolute Gasteiger partial charge is 0.323 e. The highest BCUT2D eigenvalue weighted by molar-refractivity contribution is 7.99. The van der Waals surface area contributed by atoms with Crippen molar-refractivity contribution in [3.8, 4) is 0 Å². The predicted molar refractivity (Wildman–Crippen MR) is 71.8 cm³/mol. The molecule has 6 nitrogen and oxygen atoms in total. The standard InChI is InChI=1S/C12H11F2N5OS/c13-7-1-4-10(9(14)5-7)15-11(20)6-21-12-16-17-18-19(12)8-2-3-8/h1,4-5,8H,2-3,6H2,(H,15,20). The van der Waals surface area contributed by atoms with Crippen LogP contribution in [0, 0.1) is 11.6 Å². The summed E-state index contributed by atoms with van der Waals surface area (Å²) in [5.74, 6) is -1.86. The second kappa shape index (κ2) is 5.76. The maximum Gasteiger partial charge on any atom is 0.234 e. The van der Waals surface area contributed by atoms with Crippen molar-refractivity contribution in [2.75, 3.05) is 11.1 Å². The number of hydrogen-bond acceptors (Lipinski definition) is 5. The molecule has 1 aliphatic carbocycles. The van der Waals surface area contributed by atoms with Gasteiger partial charge in [0.15, 0.2) is 0 Å². The predicted octanol–water partition coefficient (Wildman–Crippen LogP) is 2.02. The molecule has 21 heavy (non-hydrogen) atoms. The Morgan fingerprint density at radius 3 is 2.95 bits per heavy atom. The molecule has 0 radical (unpaired) electrons. The van der Waals surface area contributed by atoms with E-state index in [0.717, 1.165) is 25.0 Å². The lowest BCUT2D eigenvalue weighted by molar-refractivity contribution is -0.113. The first-order valence-electron chi connectivity index (χ1n) is 6.29. The molecule has 0 saturated heterocycles. The fourth-order valence-corrected chi connectivity index (χ4v) is 2.48. The van der Waals surface area contributed by atoms with Crippen LogP contribution < -0.4 is 5.32 Å². The third-order valence-corrected chi connectivity index (χ3v) is 3.83. The lowest BCUT2D eigenvalue weighted by atomic mass is 10.3. The Kier molecular flexibility index (Phi) is 3.82. The first-order valence-corrected chi connectivity index (χ1v) is 7.27. The Balaban J connectivity index is 1.57. The Morgan fingerprint density at radius 1 is 1.43 bits per heavy atom. The number of thioether (sulfide) groups is 1. The van der Waals surface area contributed by atoms with E-state index in [-0.39, 0.29) is 11.4 Å². The van der Waals surface area contributed by atoms with Gasteiger partial charge in [-0.2, -0.15) is 0 Å². The summed E-state index contributed by atoms with van der Waals surface area (Å²) >= 11 is 1.18. The molecule has 1 N–H and O–H groups in total. The molecule has 0 atom stereocenters. The number of nitrogens with zero attached hydrogens (tertiary/aromatic N) is 4. The Labute approximate surface area is 122 Å². The van der Waals surface area contributed by atoms with Crippen LogP contribution in [0.15, 0.2) is 23.4 Å². The van der Waals surface area contributed by atoms with E-state index in [1.807, 2.05) is 0 Å². The molecule has 1 heterocycles. The van der Waals surface area contributed by atoms with Crippen LogP contribution in [-0.4, -0.2) is 31.9 Å². The van der Waals surface area contributed by atoms with Gasteiger partial charge in [0, 0.05) is 6.07 Å². The SMILES string of the molecule is O=C(CSc1nnnn1C1CC1)Nc1ccc(F)cc1F. The van der Waals surface area contributed by atoms with E-state index in [4.69, 9.17) is 0 Å². The van der Waals surface area contributed by atoms with Gasteiger partial charge < -0.3 is 5.32 Å². The molecule has 0 spiro atoms. The highest BCUT2D eigenvalue weighted by Gasteiger charge is 2.28. The maximum absolute atomic E-state index is 13.4. The molecular weight excluding hydrogens is 300 g/mol. The van der Waals surface area contributed by atoms with Crippen LogP contribution in [-0.2, 0) is 4.79 Å².